The molecule has 0 radical (unpaired) electrons. The highest BCUT2D eigenvalue weighted by Gasteiger charge is 2.53. The van der Waals surface area contributed by atoms with Gasteiger partial charge in [-0.15, -0.1) is 26.3 Å². The molecule has 0 saturated carbocycles. The molecular weight excluding hydrogens is 1530 g/mol. The number of aliphatic carboxylic acids is 2. The number of carboxylic acids is 2. The fourth-order valence-corrected chi connectivity index (χ4v) is 14.2. The van der Waals surface area contributed by atoms with Gasteiger partial charge < -0.3 is 168 Å². The van der Waals surface area contributed by atoms with Gasteiger partial charge in [-0.1, -0.05) is 36.0 Å². The summed E-state index contributed by atoms with van der Waals surface area (Å²) in [7, 11) is 0. The summed E-state index contributed by atoms with van der Waals surface area (Å²) in [5.74, 6) is -15.2. The number of rotatable bonds is 37. The normalized spacial score (nSPS) is 38.5. The molecule has 40 nitrogen and oxygen atoms in total. The molecule has 8 aliphatic rings. The molecule has 638 valence electrons. The Bertz CT molecular complexity index is 3490. The van der Waals surface area contributed by atoms with E-state index in [1.807, 2.05) is 0 Å². The van der Waals surface area contributed by atoms with Crippen LogP contribution in [0.4, 0.5) is 0 Å². The van der Waals surface area contributed by atoms with Crippen molar-refractivity contribution in [1.82, 2.24) is 0 Å². The monoisotopic (exact) mass is 1630 g/mol. The molecule has 0 unspecified atom stereocenters. The van der Waals surface area contributed by atoms with Crippen molar-refractivity contribution in [3.63, 3.8) is 0 Å². The first-order chi connectivity index (χ1) is 54.3. The van der Waals surface area contributed by atoms with Crippen LogP contribution in [-0.4, -0.2) is 329 Å². The van der Waals surface area contributed by atoms with Crippen molar-refractivity contribution in [3.05, 3.63) is 121 Å². The zero-order valence-corrected chi connectivity index (χ0v) is 62.0. The van der Waals surface area contributed by atoms with Gasteiger partial charge >= 0.3 is 35.8 Å². The largest absolute Gasteiger partial charge is 0.478 e. The van der Waals surface area contributed by atoms with Crippen molar-refractivity contribution in [3.8, 4) is 0 Å². The van der Waals surface area contributed by atoms with Gasteiger partial charge in [0.1, 0.15) is 97.7 Å². The molecule has 8 aliphatic heterocycles. The maximum atomic E-state index is 14.2. The van der Waals surface area contributed by atoms with Gasteiger partial charge in [-0.3, -0.25) is 0 Å². The molecule has 18 N–H and O–H groups in total. The van der Waals surface area contributed by atoms with Crippen LogP contribution in [-0.2, 0) is 105 Å². The van der Waals surface area contributed by atoms with Crippen LogP contribution in [0.1, 0.15) is 52.4 Å². The Kier molecular flexibility index (Phi) is 34.3. The molecule has 4 fully saturated rings. The molecule has 114 heavy (non-hydrogen) atoms. The highest BCUT2D eigenvalue weighted by Crippen LogP contribution is 2.43. The van der Waals surface area contributed by atoms with Crippen molar-refractivity contribution in [2.24, 2.45) is 47.3 Å². The lowest BCUT2D eigenvalue weighted by Gasteiger charge is -2.43. The minimum Gasteiger partial charge on any atom is -0.478 e. The second kappa shape index (κ2) is 42.5. The van der Waals surface area contributed by atoms with Crippen LogP contribution in [0.2, 0.25) is 0 Å². The van der Waals surface area contributed by atoms with E-state index in [0.29, 0.717) is 5.57 Å². The summed E-state index contributed by atoms with van der Waals surface area (Å²) in [4.78, 5) is 80.5. The number of allylic oxidation sites excluding steroid dienone is 2. The third kappa shape index (κ3) is 21.8. The van der Waals surface area contributed by atoms with Crippen LogP contribution in [0.25, 0.3) is 0 Å². The molecule has 0 amide bonds. The maximum Gasteiger partial charge on any atom is 0.337 e. The van der Waals surface area contributed by atoms with Gasteiger partial charge in [0, 0.05) is 59.0 Å². The van der Waals surface area contributed by atoms with E-state index in [0.717, 1.165) is 25.0 Å². The summed E-state index contributed by atoms with van der Waals surface area (Å²) >= 11 is 0. The molecule has 0 aliphatic carbocycles. The molecule has 0 spiro atoms. The predicted octanol–water partition coefficient (Wildman–Crippen LogP) is -4.54. The zero-order valence-electron chi connectivity index (χ0n) is 62.0. The standard InChI is InChI=1S/C74H102O40/c1-7-33-37(41(62(92)93)27-103-67(33)111-71-58(88)54(84)50(80)45(23-75)107-71)15-20-101-65(97)43-29-105-69(113-73-60(90)56(86)52(82)47(25-77)109-73)35(9-3)39(43)14-18-99-49(79)22-31(5)12-11-13-32(6)64(96)100-19-17-40-36(10-4)70(114-74-61(91)57(87)53(83)48(26-78)110-74)106-30-44(40)66(98)102-21-16-38-34(8-2)68(104-28-42(38)63(94)95)112-72-59(89)55(85)51(81)46(24-76)108-72/h7-10,13,22,27-30,33-40,45-48,50-61,67-78,80-91H,1-4,11-12,14-21,23-26H2,5-6H3,(H,92,93)(H,94,95)/b31-22+,32-13+/t33-,34-,35-,36-,37-,38-,39-,40-,45+,46+,47+,48+,50+,51+,52+,53+,54-,55-,56-,57-,58+,59+,60+,61+,67+,68+,69+,70+,71-,72-,73-,74-/m0/s1. The Morgan fingerprint density at radius 2 is 0.649 bits per heavy atom. The smallest absolute Gasteiger partial charge is 0.337 e. The molecule has 0 aromatic rings. The number of carbonyl (C=O) groups is 6. The zero-order chi connectivity index (χ0) is 83.7. The minimum atomic E-state index is -1.90. The minimum absolute atomic E-state index is 0.0994. The Morgan fingerprint density at radius 1 is 0.377 bits per heavy atom. The summed E-state index contributed by atoms with van der Waals surface area (Å²) in [6.45, 7) is 13.3. The van der Waals surface area contributed by atoms with E-state index in [1.54, 1.807) is 6.92 Å². The Morgan fingerprint density at radius 3 is 0.930 bits per heavy atom. The van der Waals surface area contributed by atoms with Gasteiger partial charge in [0.25, 0.3) is 0 Å². The van der Waals surface area contributed by atoms with E-state index in [1.165, 1.54) is 43.4 Å². The number of carbonyl (C=O) groups excluding carboxylic acids is 4. The second-order valence-electron chi connectivity index (χ2n) is 28.1. The third-order valence-electron chi connectivity index (χ3n) is 20.9. The second-order valence-corrected chi connectivity index (χ2v) is 28.1. The lowest BCUT2D eigenvalue weighted by Crippen LogP contribution is -2.60. The van der Waals surface area contributed by atoms with Crippen LogP contribution >= 0.6 is 0 Å². The summed E-state index contributed by atoms with van der Waals surface area (Å²) in [6, 6.07) is 0. The van der Waals surface area contributed by atoms with Crippen molar-refractivity contribution >= 4 is 35.8 Å². The highest BCUT2D eigenvalue weighted by atomic mass is 16.8. The molecule has 0 aromatic heterocycles. The van der Waals surface area contributed by atoms with E-state index in [4.69, 9.17) is 75.8 Å². The Balaban J connectivity index is 0.894. The van der Waals surface area contributed by atoms with E-state index in [9.17, 15) is 121 Å². The van der Waals surface area contributed by atoms with Crippen LogP contribution < -0.4 is 0 Å². The molecule has 40 heteroatoms. The number of carboxylic acid groups (broad SMARTS) is 2. The third-order valence-corrected chi connectivity index (χ3v) is 20.9. The van der Waals surface area contributed by atoms with Crippen molar-refractivity contribution in [1.29, 1.82) is 0 Å². The lowest BCUT2D eigenvalue weighted by molar-refractivity contribution is -0.339. The summed E-state index contributed by atoms with van der Waals surface area (Å²) in [6.07, 6.45) is -29.2. The predicted molar refractivity (Wildman–Crippen MR) is 374 cm³/mol. The first-order valence-electron chi connectivity index (χ1n) is 36.6. The summed E-state index contributed by atoms with van der Waals surface area (Å²) in [5.41, 5.74) is -0.450. The van der Waals surface area contributed by atoms with E-state index < -0.39 is 284 Å². The van der Waals surface area contributed by atoms with Crippen molar-refractivity contribution in [2.45, 2.75) is 200 Å². The molecule has 8 rings (SSSR count). The number of aliphatic hydroxyl groups excluding tert-OH is 16. The lowest BCUT2D eigenvalue weighted by atomic mass is 9.81. The molecule has 0 bridgehead atoms. The number of ether oxygens (including phenoxy) is 16. The Hall–Kier alpha value is -7.54. The molecule has 8 heterocycles. The fraction of sp³-hybridized carbons (Fsp3) is 0.649. The molecule has 0 aromatic carbocycles. The number of hydrogen-bond donors (Lipinski definition) is 18. The quantitative estimate of drug-likeness (QED) is 0.0121. The van der Waals surface area contributed by atoms with E-state index >= 15 is 0 Å². The number of aliphatic hydroxyl groups is 16. The average Bonchev–Trinajstić information content (AvgIpc) is 0.799. The van der Waals surface area contributed by atoms with Crippen LogP contribution in [0.5, 0.6) is 0 Å². The van der Waals surface area contributed by atoms with E-state index in [2.05, 4.69) is 26.3 Å². The number of esters is 4. The van der Waals surface area contributed by atoms with Gasteiger partial charge in [-0.25, -0.2) is 28.8 Å². The molecule has 32 atom stereocenters. The van der Waals surface area contributed by atoms with Gasteiger partial charge in [-0.2, -0.15) is 0 Å². The topological polar surface area (TPSA) is 614 Å². The fourth-order valence-electron chi connectivity index (χ4n) is 14.2. The summed E-state index contributed by atoms with van der Waals surface area (Å²) in [5, 5.41) is 186. The molecular formula is C74H102O40. The number of hydrogen-bond acceptors (Lipinski definition) is 38. The first kappa shape index (κ1) is 92.0. The van der Waals surface area contributed by atoms with Crippen LogP contribution in [0.3, 0.4) is 0 Å². The average molecular weight is 1630 g/mol. The van der Waals surface area contributed by atoms with Crippen molar-refractivity contribution in [2.75, 3.05) is 52.9 Å². The van der Waals surface area contributed by atoms with Gasteiger partial charge in [0.15, 0.2) is 25.2 Å². The highest BCUT2D eigenvalue weighted by molar-refractivity contribution is 5.91. The SMILES string of the molecule is C=C[C@@H]1[C@@H](O[C@@H]2O[C@H](CO)[C@@H](O)[C@H](O)[C@H]2O)OC=C(C(=O)O)[C@H]1CCOC(=O)C1=CO[C@H](O[C@@H]2O[C@H](CO)[C@@H](O)[C@H](O)[C@H]2O)[C@@H](C=C)[C@@H]1CCOC(=O)/C=C(\C)CC/C=C(\C)C(=O)OCC[C@@H]1C(C(=O)OCC[C@@H]2C(C(=O)O)=CO[C@H](O[C@@H]3O[C@H](CO)[C@@H](O)[C@H](O)[C@H]3O)[C@H]2C=C)=CO[C@H](O[C@@H]2O[C@H](CO)[C@@H](O)[C@H](O)[C@H]2O)[C@H]1C=C. The van der Waals surface area contributed by atoms with Crippen LogP contribution in [0.15, 0.2) is 121 Å². The van der Waals surface area contributed by atoms with Gasteiger partial charge in [0.2, 0.25) is 25.2 Å². The first-order valence-corrected chi connectivity index (χ1v) is 36.6. The Labute approximate surface area is 652 Å². The van der Waals surface area contributed by atoms with Crippen molar-refractivity contribution < 1.29 is 196 Å². The maximum absolute atomic E-state index is 14.2. The molecule has 4 saturated heterocycles. The van der Waals surface area contributed by atoms with E-state index in [-0.39, 0.29) is 66.4 Å². The van der Waals surface area contributed by atoms with Crippen LogP contribution in [0, 0.1) is 47.3 Å². The summed E-state index contributed by atoms with van der Waals surface area (Å²) < 4.78 is 91.0. The van der Waals surface area contributed by atoms with Gasteiger partial charge in [-0.05, 0) is 52.4 Å². The van der Waals surface area contributed by atoms with Gasteiger partial charge in [0.05, 0.1) is 100 Å².